The summed E-state index contributed by atoms with van der Waals surface area (Å²) in [4.78, 5) is 16.7. The molecule has 0 aliphatic carbocycles. The van der Waals surface area contributed by atoms with Gasteiger partial charge in [-0.1, -0.05) is 56.6 Å². The van der Waals surface area contributed by atoms with Crippen LogP contribution in [-0.2, 0) is 16.6 Å². The Morgan fingerprint density at radius 1 is 1.06 bits per heavy atom. The lowest BCUT2D eigenvalue weighted by Crippen LogP contribution is -2.37. The summed E-state index contributed by atoms with van der Waals surface area (Å²) in [6, 6.07) is 20.7. The molecule has 1 aromatic heterocycles. The fraction of sp³-hybridized carbons (Fsp3) is 0.222. The summed E-state index contributed by atoms with van der Waals surface area (Å²) in [6.45, 7) is 6.30. The third-order valence-electron chi connectivity index (χ3n) is 5.30. The molecule has 0 unspecified atom stereocenters. The van der Waals surface area contributed by atoms with Gasteiger partial charge in [-0.3, -0.25) is 10.1 Å². The molecule has 3 aromatic carbocycles. The van der Waals surface area contributed by atoms with E-state index in [9.17, 15) is 4.79 Å². The van der Waals surface area contributed by atoms with Crippen molar-refractivity contribution in [2.24, 2.45) is 0 Å². The number of anilines is 1. The van der Waals surface area contributed by atoms with Crippen molar-refractivity contribution in [1.82, 2.24) is 10.3 Å². The van der Waals surface area contributed by atoms with Crippen LogP contribution in [-0.4, -0.2) is 22.6 Å². The molecule has 0 fully saturated rings. The minimum atomic E-state index is -0.338. The van der Waals surface area contributed by atoms with Crippen LogP contribution in [0.2, 0.25) is 5.02 Å². The fourth-order valence-electron chi connectivity index (χ4n) is 3.43. The van der Waals surface area contributed by atoms with Crippen LogP contribution in [0.4, 0.5) is 5.69 Å². The molecule has 1 amide bonds. The zero-order chi connectivity index (χ0) is 25.0. The largest absolute Gasteiger partial charge is 0.484 e. The average molecular weight is 508 g/mol. The second-order valence-electron chi connectivity index (χ2n) is 9.16. The Bertz CT molecular complexity index is 1340. The van der Waals surface area contributed by atoms with E-state index in [1.807, 2.05) is 54.6 Å². The number of thiocarbonyl (C=S) groups is 1. The summed E-state index contributed by atoms with van der Waals surface area (Å²) in [5, 5.41) is 6.45. The number of oxazole rings is 1. The predicted molar refractivity (Wildman–Crippen MR) is 143 cm³/mol. The van der Waals surface area contributed by atoms with E-state index in [0.29, 0.717) is 28.7 Å². The molecule has 180 valence electrons. The Kier molecular flexibility index (Phi) is 7.38. The number of fused-ring (bicyclic) bond motifs is 1. The molecule has 0 aliphatic heterocycles. The van der Waals surface area contributed by atoms with Gasteiger partial charge in [-0.25, -0.2) is 4.98 Å². The first-order valence-corrected chi connectivity index (χ1v) is 11.9. The highest BCUT2D eigenvalue weighted by Gasteiger charge is 2.13. The Morgan fingerprint density at radius 3 is 2.46 bits per heavy atom. The molecule has 0 radical (unpaired) electrons. The Hall–Kier alpha value is -3.42. The predicted octanol–water partition coefficient (Wildman–Crippen LogP) is 6.26. The van der Waals surface area contributed by atoms with E-state index < -0.39 is 0 Å². The molecule has 1 heterocycles. The van der Waals surface area contributed by atoms with E-state index in [2.05, 4.69) is 36.4 Å². The number of amides is 1. The normalized spacial score (nSPS) is 11.3. The molecule has 0 spiro atoms. The van der Waals surface area contributed by atoms with E-state index >= 15 is 0 Å². The van der Waals surface area contributed by atoms with Gasteiger partial charge in [0.25, 0.3) is 5.91 Å². The summed E-state index contributed by atoms with van der Waals surface area (Å²) in [5.41, 5.74) is 4.47. The molecule has 0 saturated carbocycles. The molecule has 4 aromatic rings. The first-order valence-electron chi connectivity index (χ1n) is 11.1. The lowest BCUT2D eigenvalue weighted by Gasteiger charge is -2.19. The quantitative estimate of drug-likeness (QED) is 0.300. The number of carbonyl (C=O) groups excluding carboxylic acids is 1. The Morgan fingerprint density at radius 2 is 1.77 bits per heavy atom. The average Bonchev–Trinajstić information content (AvgIpc) is 3.20. The van der Waals surface area contributed by atoms with Gasteiger partial charge in [-0.05, 0) is 71.2 Å². The van der Waals surface area contributed by atoms with E-state index in [-0.39, 0.29) is 23.0 Å². The highest BCUT2D eigenvalue weighted by Crippen LogP contribution is 2.24. The standard InChI is InChI=1S/C27H26ClN3O3S/c1-27(2,3)18-6-11-21(12-7-18)33-16-24(32)31-26(35)29-20-9-4-17(5-10-20)14-25-30-22-15-19(28)8-13-23(22)34-25/h4-13,15H,14,16H2,1-3H3,(H2,29,31,32,35). The maximum absolute atomic E-state index is 12.2. The van der Waals surface area contributed by atoms with Crippen molar-refractivity contribution < 1.29 is 13.9 Å². The molecule has 6 nitrogen and oxygen atoms in total. The number of carbonyl (C=O) groups is 1. The summed E-state index contributed by atoms with van der Waals surface area (Å²) < 4.78 is 11.3. The van der Waals surface area contributed by atoms with Crippen LogP contribution in [0.1, 0.15) is 37.8 Å². The number of rotatable bonds is 6. The highest BCUT2D eigenvalue weighted by molar-refractivity contribution is 7.80. The zero-order valence-corrected chi connectivity index (χ0v) is 21.3. The van der Waals surface area contributed by atoms with Crippen LogP contribution in [0.5, 0.6) is 5.75 Å². The fourth-order valence-corrected chi connectivity index (χ4v) is 3.83. The van der Waals surface area contributed by atoms with Gasteiger partial charge >= 0.3 is 0 Å². The van der Waals surface area contributed by atoms with Crippen LogP contribution >= 0.6 is 23.8 Å². The van der Waals surface area contributed by atoms with Gasteiger partial charge in [0.15, 0.2) is 23.2 Å². The number of nitrogens with zero attached hydrogens (tertiary/aromatic N) is 1. The number of halogens is 1. The van der Waals surface area contributed by atoms with Crippen molar-refractivity contribution in [3.8, 4) is 5.75 Å². The van der Waals surface area contributed by atoms with Gasteiger partial charge in [-0.15, -0.1) is 0 Å². The molecule has 0 atom stereocenters. The van der Waals surface area contributed by atoms with Crippen molar-refractivity contribution in [2.45, 2.75) is 32.6 Å². The number of hydrogen-bond donors (Lipinski definition) is 2. The third-order valence-corrected chi connectivity index (χ3v) is 5.74. The summed E-state index contributed by atoms with van der Waals surface area (Å²) in [5.74, 6) is 0.901. The lowest BCUT2D eigenvalue weighted by molar-refractivity contribution is -0.121. The molecule has 8 heteroatoms. The van der Waals surface area contributed by atoms with E-state index in [4.69, 9.17) is 33.0 Å². The van der Waals surface area contributed by atoms with Crippen LogP contribution < -0.4 is 15.4 Å². The molecule has 0 aliphatic rings. The number of hydrogen-bond acceptors (Lipinski definition) is 5. The first-order chi connectivity index (χ1) is 16.7. The summed E-state index contributed by atoms with van der Waals surface area (Å²) in [7, 11) is 0. The Balaban J connectivity index is 1.25. The van der Waals surface area contributed by atoms with Gasteiger partial charge in [0, 0.05) is 17.1 Å². The zero-order valence-electron chi connectivity index (χ0n) is 19.7. The number of ether oxygens (including phenoxy) is 1. The minimum absolute atomic E-state index is 0.0606. The first kappa shape index (κ1) is 24.7. The molecule has 35 heavy (non-hydrogen) atoms. The smallest absolute Gasteiger partial charge is 0.264 e. The van der Waals surface area contributed by atoms with Crippen LogP contribution in [0.15, 0.2) is 71.1 Å². The monoisotopic (exact) mass is 507 g/mol. The molecule has 0 bridgehead atoms. The van der Waals surface area contributed by atoms with Crippen LogP contribution in [0.25, 0.3) is 11.1 Å². The third kappa shape index (κ3) is 6.81. The number of benzene rings is 3. The maximum atomic E-state index is 12.2. The van der Waals surface area contributed by atoms with Crippen molar-refractivity contribution in [3.05, 3.63) is 88.8 Å². The molecule has 4 rings (SSSR count). The van der Waals surface area contributed by atoms with Crippen LogP contribution in [0.3, 0.4) is 0 Å². The second kappa shape index (κ2) is 10.5. The number of aromatic nitrogens is 1. The van der Waals surface area contributed by atoms with E-state index in [1.54, 1.807) is 12.1 Å². The topological polar surface area (TPSA) is 76.4 Å². The lowest BCUT2D eigenvalue weighted by atomic mass is 9.87. The molecular formula is C27H26ClN3O3S. The second-order valence-corrected chi connectivity index (χ2v) is 10.0. The summed E-state index contributed by atoms with van der Waals surface area (Å²) >= 11 is 11.3. The van der Waals surface area contributed by atoms with Gasteiger partial charge in [0.05, 0.1) is 0 Å². The highest BCUT2D eigenvalue weighted by atomic mass is 35.5. The van der Waals surface area contributed by atoms with E-state index in [0.717, 1.165) is 16.8 Å². The number of nitrogens with one attached hydrogen (secondary N) is 2. The molecule has 0 saturated heterocycles. The van der Waals surface area contributed by atoms with Crippen LogP contribution in [0, 0.1) is 0 Å². The molecular weight excluding hydrogens is 482 g/mol. The maximum Gasteiger partial charge on any atom is 0.264 e. The summed E-state index contributed by atoms with van der Waals surface area (Å²) in [6.07, 6.45) is 0.543. The molecule has 2 N–H and O–H groups in total. The Labute approximate surface area is 214 Å². The van der Waals surface area contributed by atoms with Gasteiger partial charge in [0.1, 0.15) is 11.3 Å². The minimum Gasteiger partial charge on any atom is -0.484 e. The van der Waals surface area contributed by atoms with Gasteiger partial charge < -0.3 is 14.5 Å². The van der Waals surface area contributed by atoms with Crippen molar-refractivity contribution >= 4 is 51.6 Å². The van der Waals surface area contributed by atoms with Crippen molar-refractivity contribution in [1.29, 1.82) is 0 Å². The van der Waals surface area contributed by atoms with Crippen molar-refractivity contribution in [2.75, 3.05) is 11.9 Å². The van der Waals surface area contributed by atoms with Gasteiger partial charge in [-0.2, -0.15) is 0 Å². The van der Waals surface area contributed by atoms with Crippen molar-refractivity contribution in [3.63, 3.8) is 0 Å². The van der Waals surface area contributed by atoms with E-state index in [1.165, 1.54) is 5.56 Å². The SMILES string of the molecule is CC(C)(C)c1ccc(OCC(=O)NC(=S)Nc2ccc(Cc3nc4cc(Cl)ccc4o3)cc2)cc1. The van der Waals surface area contributed by atoms with Gasteiger partial charge in [0.2, 0.25) is 0 Å².